The summed E-state index contributed by atoms with van der Waals surface area (Å²) in [5, 5.41) is -0.805. The van der Waals surface area contributed by atoms with Crippen LogP contribution in [0.25, 0.3) is 0 Å². The molecule has 0 saturated heterocycles. The minimum atomic E-state index is -3.69. The van der Waals surface area contributed by atoms with Crippen LogP contribution in [-0.4, -0.2) is 39.2 Å². The van der Waals surface area contributed by atoms with E-state index in [9.17, 15) is 8.42 Å². The zero-order valence-electron chi connectivity index (χ0n) is 15.5. The number of hydrogen-bond donors (Lipinski definition) is 1. The molecule has 1 heterocycles. The largest absolute Gasteiger partial charge is 0.454 e. The van der Waals surface area contributed by atoms with Crippen LogP contribution in [0.1, 0.15) is 17.0 Å². The molecule has 0 radical (unpaired) electrons. The Hall–Kier alpha value is -2.16. The second-order valence-corrected chi connectivity index (χ2v) is 9.72. The maximum Gasteiger partial charge on any atom is 0.231 e. The summed E-state index contributed by atoms with van der Waals surface area (Å²) in [7, 11) is -2.17. The third-order valence-corrected chi connectivity index (χ3v) is 8.21. The van der Waals surface area contributed by atoms with Gasteiger partial charge in [0.2, 0.25) is 6.79 Å². The van der Waals surface area contributed by atoms with E-state index in [4.69, 9.17) is 32.2 Å². The molecule has 148 valence electrons. The SMILES string of the molecule is COC[C@@]1(C(N)=S)[C@H](S(=O)(=O)c2ccc(C)cc2)[C@@H]1c1ccc2c(c1)OCO2. The zero-order valence-corrected chi connectivity index (χ0v) is 17.2. The lowest BCUT2D eigenvalue weighted by Crippen LogP contribution is -2.33. The van der Waals surface area contributed by atoms with Gasteiger partial charge in [0.05, 0.1) is 27.2 Å². The molecule has 2 N–H and O–H groups in total. The van der Waals surface area contributed by atoms with Gasteiger partial charge in [-0.15, -0.1) is 0 Å². The number of benzene rings is 2. The van der Waals surface area contributed by atoms with Gasteiger partial charge < -0.3 is 19.9 Å². The molecule has 8 heteroatoms. The Morgan fingerprint density at radius 1 is 1.21 bits per heavy atom. The summed E-state index contributed by atoms with van der Waals surface area (Å²) >= 11 is 5.33. The molecule has 0 amide bonds. The van der Waals surface area contributed by atoms with Gasteiger partial charge in [0, 0.05) is 13.0 Å². The predicted molar refractivity (Wildman–Crippen MR) is 109 cm³/mol. The van der Waals surface area contributed by atoms with Gasteiger partial charge in [-0.1, -0.05) is 36.0 Å². The van der Waals surface area contributed by atoms with E-state index < -0.39 is 26.4 Å². The molecule has 2 aromatic rings. The molecule has 0 unspecified atom stereocenters. The second-order valence-electron chi connectivity index (χ2n) is 7.21. The van der Waals surface area contributed by atoms with Crippen LogP contribution in [-0.2, 0) is 14.6 Å². The first-order valence-corrected chi connectivity index (χ1v) is 10.8. The van der Waals surface area contributed by atoms with Gasteiger partial charge >= 0.3 is 0 Å². The Balaban J connectivity index is 1.81. The third kappa shape index (κ3) is 2.78. The minimum absolute atomic E-state index is 0.122. The van der Waals surface area contributed by atoms with Gasteiger partial charge in [-0.05, 0) is 36.8 Å². The average molecular weight is 420 g/mol. The fourth-order valence-corrected chi connectivity index (χ4v) is 6.86. The molecule has 1 aliphatic heterocycles. The average Bonchev–Trinajstić information content (AvgIpc) is 3.13. The molecule has 1 saturated carbocycles. The molecule has 0 spiro atoms. The normalized spacial score (nSPS) is 25.5. The molecule has 2 aliphatic rings. The van der Waals surface area contributed by atoms with Crippen molar-refractivity contribution in [2.24, 2.45) is 11.1 Å². The number of hydrogen-bond acceptors (Lipinski definition) is 6. The van der Waals surface area contributed by atoms with E-state index in [1.165, 1.54) is 7.11 Å². The van der Waals surface area contributed by atoms with Crippen molar-refractivity contribution in [3.8, 4) is 11.5 Å². The number of methoxy groups -OCH3 is 1. The van der Waals surface area contributed by atoms with Crippen LogP contribution in [0.5, 0.6) is 11.5 Å². The van der Waals surface area contributed by atoms with Crippen molar-refractivity contribution in [2.75, 3.05) is 20.5 Å². The molecule has 2 aromatic carbocycles. The highest BCUT2D eigenvalue weighted by Gasteiger charge is 2.73. The first-order valence-electron chi connectivity index (χ1n) is 8.81. The summed E-state index contributed by atoms with van der Waals surface area (Å²) in [5.74, 6) is 0.797. The number of ether oxygens (including phenoxy) is 3. The van der Waals surface area contributed by atoms with Crippen molar-refractivity contribution in [1.29, 1.82) is 0 Å². The van der Waals surface area contributed by atoms with Crippen LogP contribution in [0.4, 0.5) is 0 Å². The Morgan fingerprint density at radius 3 is 2.54 bits per heavy atom. The van der Waals surface area contributed by atoms with Crippen molar-refractivity contribution in [3.05, 3.63) is 53.6 Å². The second kappa shape index (κ2) is 6.72. The molecule has 1 aliphatic carbocycles. The molecule has 4 rings (SSSR count). The molecular formula is C20H21NO5S2. The van der Waals surface area contributed by atoms with Crippen LogP contribution in [0.2, 0.25) is 0 Å². The van der Waals surface area contributed by atoms with Crippen LogP contribution < -0.4 is 15.2 Å². The summed E-state index contributed by atoms with van der Waals surface area (Å²) in [6.45, 7) is 2.18. The summed E-state index contributed by atoms with van der Waals surface area (Å²) in [5.41, 5.74) is 6.88. The van der Waals surface area contributed by atoms with E-state index >= 15 is 0 Å². The first-order chi connectivity index (χ1) is 13.3. The fraction of sp³-hybridized carbons (Fsp3) is 0.350. The number of nitrogens with two attached hydrogens (primary N) is 1. The van der Waals surface area contributed by atoms with E-state index in [0.29, 0.717) is 11.5 Å². The van der Waals surface area contributed by atoms with Crippen LogP contribution in [0, 0.1) is 12.3 Å². The molecule has 28 heavy (non-hydrogen) atoms. The van der Waals surface area contributed by atoms with Gasteiger partial charge in [0.15, 0.2) is 21.3 Å². The monoisotopic (exact) mass is 419 g/mol. The zero-order chi connectivity index (χ0) is 20.1. The van der Waals surface area contributed by atoms with Gasteiger partial charge in [0.1, 0.15) is 0 Å². The van der Waals surface area contributed by atoms with Crippen LogP contribution in [0.3, 0.4) is 0 Å². The number of thiocarbonyl (C=S) groups is 1. The van der Waals surface area contributed by atoms with Crippen molar-refractivity contribution >= 4 is 27.0 Å². The summed E-state index contributed by atoms with van der Waals surface area (Å²) in [6.07, 6.45) is 0. The lowest BCUT2D eigenvalue weighted by atomic mass is 9.99. The fourth-order valence-electron chi connectivity index (χ4n) is 4.09. The lowest BCUT2D eigenvalue weighted by Gasteiger charge is -2.16. The lowest BCUT2D eigenvalue weighted by molar-refractivity contribution is 0.166. The van der Waals surface area contributed by atoms with E-state index in [1.807, 2.05) is 13.0 Å². The Labute approximate surface area is 169 Å². The van der Waals surface area contributed by atoms with Crippen molar-refractivity contribution in [2.45, 2.75) is 23.0 Å². The van der Waals surface area contributed by atoms with Gasteiger partial charge in [-0.25, -0.2) is 8.42 Å². The van der Waals surface area contributed by atoms with Gasteiger partial charge in [0.25, 0.3) is 0 Å². The highest BCUT2D eigenvalue weighted by Crippen LogP contribution is 2.65. The molecule has 6 nitrogen and oxygen atoms in total. The number of sulfone groups is 1. The maximum absolute atomic E-state index is 13.5. The van der Waals surface area contributed by atoms with Gasteiger partial charge in [-0.2, -0.15) is 0 Å². The summed E-state index contributed by atoms with van der Waals surface area (Å²) in [4.78, 5) is 0.390. The topological polar surface area (TPSA) is 87.9 Å². The Bertz CT molecular complexity index is 1040. The van der Waals surface area contributed by atoms with Crippen molar-refractivity contribution < 1.29 is 22.6 Å². The highest BCUT2D eigenvalue weighted by molar-refractivity contribution is 7.92. The standard InChI is InChI=1S/C20H21NO5S2/c1-12-3-6-14(7-4-12)28(22,23)18-17(20(18,10-24-2)19(21)27)13-5-8-15-16(9-13)26-11-25-15/h3-9,17-18H,10-11H2,1-2H3,(H2,21,27)/t17-,18+,20-/m0/s1. The van der Waals surface area contributed by atoms with E-state index in [0.717, 1.165) is 11.1 Å². The van der Waals surface area contributed by atoms with Gasteiger partial charge in [-0.3, -0.25) is 0 Å². The van der Waals surface area contributed by atoms with E-state index in [2.05, 4.69) is 0 Å². The number of rotatable bonds is 6. The maximum atomic E-state index is 13.5. The predicted octanol–water partition coefficient (Wildman–Crippen LogP) is 2.58. The number of aryl methyl sites for hydroxylation is 1. The van der Waals surface area contributed by atoms with Crippen LogP contribution >= 0.6 is 12.2 Å². The Morgan fingerprint density at radius 2 is 1.89 bits per heavy atom. The molecule has 3 atom stereocenters. The summed E-state index contributed by atoms with van der Waals surface area (Å²) < 4.78 is 43.2. The minimum Gasteiger partial charge on any atom is -0.454 e. The smallest absolute Gasteiger partial charge is 0.231 e. The van der Waals surface area contributed by atoms with E-state index in [-0.39, 0.29) is 23.3 Å². The molecule has 0 aromatic heterocycles. The molecule has 1 fully saturated rings. The highest BCUT2D eigenvalue weighted by atomic mass is 32.2. The Kier molecular flexibility index (Phi) is 4.60. The third-order valence-electron chi connectivity index (χ3n) is 5.54. The van der Waals surface area contributed by atoms with E-state index in [1.54, 1.807) is 36.4 Å². The summed E-state index contributed by atoms with van der Waals surface area (Å²) in [6, 6.07) is 12.2. The van der Waals surface area contributed by atoms with Crippen LogP contribution in [0.15, 0.2) is 47.4 Å². The van der Waals surface area contributed by atoms with Crippen molar-refractivity contribution in [1.82, 2.24) is 0 Å². The molecule has 0 bridgehead atoms. The van der Waals surface area contributed by atoms with Crippen molar-refractivity contribution in [3.63, 3.8) is 0 Å². The first kappa shape index (κ1) is 19.2. The number of fused-ring (bicyclic) bond motifs is 1. The molecular weight excluding hydrogens is 398 g/mol. The quantitative estimate of drug-likeness (QED) is 0.720.